The average molecular weight is 260 g/mol. The van der Waals surface area contributed by atoms with Crippen molar-refractivity contribution >= 4 is 17.8 Å². The van der Waals surface area contributed by atoms with Gasteiger partial charge in [0.2, 0.25) is 0 Å². The zero-order chi connectivity index (χ0) is 13.8. The molecule has 19 heavy (non-hydrogen) atoms. The van der Waals surface area contributed by atoms with E-state index in [1.54, 1.807) is 25.1 Å². The summed E-state index contributed by atoms with van der Waals surface area (Å²) in [6.07, 6.45) is 3.74. The van der Waals surface area contributed by atoms with Gasteiger partial charge >= 0.3 is 5.97 Å². The van der Waals surface area contributed by atoms with E-state index >= 15 is 0 Å². The number of esters is 1. The minimum absolute atomic E-state index is 0.0294. The standard InChI is InChI=1S/C15H16O4/c1-3-18-15(17)7-5-12-11(10(2)16)4-6-14-13(12)8-9-19-14/h4-7H,3,8-9H2,1-2H3/b7-5+. The van der Waals surface area contributed by atoms with Gasteiger partial charge < -0.3 is 9.47 Å². The number of ether oxygens (including phenoxy) is 2. The normalized spacial score (nSPS) is 13.2. The summed E-state index contributed by atoms with van der Waals surface area (Å²) in [5, 5.41) is 0. The quantitative estimate of drug-likeness (QED) is 0.474. The molecule has 100 valence electrons. The van der Waals surface area contributed by atoms with Crippen molar-refractivity contribution in [1.29, 1.82) is 0 Å². The molecule has 1 aromatic rings. The van der Waals surface area contributed by atoms with Crippen LogP contribution in [0, 0.1) is 0 Å². The van der Waals surface area contributed by atoms with Crippen LogP contribution in [0.3, 0.4) is 0 Å². The number of fused-ring (bicyclic) bond motifs is 1. The van der Waals surface area contributed by atoms with Crippen LogP contribution >= 0.6 is 0 Å². The lowest BCUT2D eigenvalue weighted by molar-refractivity contribution is -0.137. The van der Waals surface area contributed by atoms with Crippen molar-refractivity contribution in [2.75, 3.05) is 13.2 Å². The first-order valence-electron chi connectivity index (χ1n) is 6.28. The summed E-state index contributed by atoms with van der Waals surface area (Å²) in [5.41, 5.74) is 2.34. The summed E-state index contributed by atoms with van der Waals surface area (Å²) in [6, 6.07) is 3.54. The van der Waals surface area contributed by atoms with E-state index in [4.69, 9.17) is 9.47 Å². The minimum atomic E-state index is -0.409. The SMILES string of the molecule is CCOC(=O)/C=C/c1c(C(C)=O)ccc2c1CCO2. The Hall–Kier alpha value is -2.10. The van der Waals surface area contributed by atoms with Gasteiger partial charge in [0.05, 0.1) is 13.2 Å². The molecule has 1 aliphatic rings. The summed E-state index contributed by atoms with van der Waals surface area (Å²) in [7, 11) is 0. The molecule has 1 aliphatic heterocycles. The fourth-order valence-electron chi connectivity index (χ4n) is 2.14. The number of ketones is 1. The second-order valence-electron chi connectivity index (χ2n) is 4.24. The first-order chi connectivity index (χ1) is 9.13. The van der Waals surface area contributed by atoms with Gasteiger partial charge in [0.25, 0.3) is 0 Å². The lowest BCUT2D eigenvalue weighted by Gasteiger charge is -2.08. The summed E-state index contributed by atoms with van der Waals surface area (Å²) in [4.78, 5) is 23.0. The number of Topliss-reactive ketones (excluding diaryl/α,β-unsaturated/α-hetero) is 1. The number of benzene rings is 1. The van der Waals surface area contributed by atoms with E-state index in [0.29, 0.717) is 18.8 Å². The number of carbonyl (C=O) groups is 2. The van der Waals surface area contributed by atoms with Crippen molar-refractivity contribution in [3.05, 3.63) is 34.9 Å². The maximum Gasteiger partial charge on any atom is 0.330 e. The monoisotopic (exact) mass is 260 g/mol. The van der Waals surface area contributed by atoms with Crippen LogP contribution in [-0.2, 0) is 16.0 Å². The molecule has 0 bridgehead atoms. The Kier molecular flexibility index (Phi) is 4.00. The third kappa shape index (κ3) is 2.84. The van der Waals surface area contributed by atoms with Crippen LogP contribution in [0.2, 0.25) is 0 Å². The fraction of sp³-hybridized carbons (Fsp3) is 0.333. The van der Waals surface area contributed by atoms with Crippen molar-refractivity contribution in [1.82, 2.24) is 0 Å². The molecule has 0 radical (unpaired) electrons. The molecule has 2 rings (SSSR count). The Labute approximate surface area is 112 Å². The van der Waals surface area contributed by atoms with E-state index in [0.717, 1.165) is 23.3 Å². The topological polar surface area (TPSA) is 52.6 Å². The first kappa shape index (κ1) is 13.3. The summed E-state index contributed by atoms with van der Waals surface area (Å²) < 4.78 is 10.3. The predicted octanol–water partition coefficient (Wildman–Crippen LogP) is 2.40. The number of hydrogen-bond donors (Lipinski definition) is 0. The fourth-order valence-corrected chi connectivity index (χ4v) is 2.14. The van der Waals surface area contributed by atoms with E-state index in [1.807, 2.05) is 0 Å². The van der Waals surface area contributed by atoms with Crippen LogP contribution in [0.15, 0.2) is 18.2 Å². The Morgan fingerprint density at radius 1 is 1.42 bits per heavy atom. The van der Waals surface area contributed by atoms with Gasteiger partial charge in [-0.15, -0.1) is 0 Å². The highest BCUT2D eigenvalue weighted by Gasteiger charge is 2.19. The van der Waals surface area contributed by atoms with Gasteiger partial charge in [-0.05, 0) is 37.6 Å². The predicted molar refractivity (Wildman–Crippen MR) is 71.3 cm³/mol. The lowest BCUT2D eigenvalue weighted by Crippen LogP contribution is -2.02. The maximum absolute atomic E-state index is 11.6. The Balaban J connectivity index is 2.39. The number of carbonyl (C=O) groups excluding carboxylic acids is 2. The first-order valence-corrected chi connectivity index (χ1v) is 6.28. The van der Waals surface area contributed by atoms with Gasteiger partial charge in [-0.3, -0.25) is 4.79 Å². The molecule has 0 fully saturated rings. The highest BCUT2D eigenvalue weighted by Crippen LogP contribution is 2.31. The molecule has 0 saturated carbocycles. The zero-order valence-electron chi connectivity index (χ0n) is 11.1. The second kappa shape index (κ2) is 5.69. The zero-order valence-corrected chi connectivity index (χ0v) is 11.1. The van der Waals surface area contributed by atoms with Crippen LogP contribution in [0.1, 0.15) is 35.3 Å². The molecule has 0 unspecified atom stereocenters. The van der Waals surface area contributed by atoms with Gasteiger partial charge in [0, 0.05) is 23.6 Å². The highest BCUT2D eigenvalue weighted by atomic mass is 16.5. The van der Waals surface area contributed by atoms with E-state index < -0.39 is 5.97 Å². The van der Waals surface area contributed by atoms with Crippen LogP contribution in [0.4, 0.5) is 0 Å². The maximum atomic E-state index is 11.6. The molecule has 0 saturated heterocycles. The molecule has 0 amide bonds. The molecule has 4 heteroatoms. The molecule has 0 aromatic heterocycles. The van der Waals surface area contributed by atoms with Crippen LogP contribution in [0.25, 0.3) is 6.08 Å². The Morgan fingerprint density at radius 2 is 2.21 bits per heavy atom. The summed E-state index contributed by atoms with van der Waals surface area (Å²) in [5.74, 6) is 0.347. The van der Waals surface area contributed by atoms with Crippen molar-refractivity contribution in [2.45, 2.75) is 20.3 Å². The number of hydrogen-bond acceptors (Lipinski definition) is 4. The Morgan fingerprint density at radius 3 is 2.89 bits per heavy atom. The third-order valence-corrected chi connectivity index (χ3v) is 2.98. The van der Waals surface area contributed by atoms with E-state index in [9.17, 15) is 9.59 Å². The average Bonchev–Trinajstić information content (AvgIpc) is 2.84. The lowest BCUT2D eigenvalue weighted by atomic mass is 9.96. The van der Waals surface area contributed by atoms with Crippen molar-refractivity contribution < 1.29 is 19.1 Å². The summed E-state index contributed by atoms with van der Waals surface area (Å²) in [6.45, 7) is 4.20. The van der Waals surface area contributed by atoms with Crippen LogP contribution < -0.4 is 4.74 Å². The van der Waals surface area contributed by atoms with Gasteiger partial charge in [0.15, 0.2) is 5.78 Å². The molecule has 0 atom stereocenters. The Bertz CT molecular complexity index is 543. The van der Waals surface area contributed by atoms with Crippen molar-refractivity contribution in [3.8, 4) is 5.75 Å². The van der Waals surface area contributed by atoms with Crippen LogP contribution in [0.5, 0.6) is 5.75 Å². The van der Waals surface area contributed by atoms with Crippen molar-refractivity contribution in [3.63, 3.8) is 0 Å². The van der Waals surface area contributed by atoms with Gasteiger partial charge in [-0.2, -0.15) is 0 Å². The molecule has 0 N–H and O–H groups in total. The van der Waals surface area contributed by atoms with Crippen molar-refractivity contribution in [2.24, 2.45) is 0 Å². The van der Waals surface area contributed by atoms with Gasteiger partial charge in [-0.25, -0.2) is 4.79 Å². The highest BCUT2D eigenvalue weighted by molar-refractivity contribution is 6.00. The second-order valence-corrected chi connectivity index (χ2v) is 4.24. The molecule has 1 heterocycles. The van der Waals surface area contributed by atoms with Crippen LogP contribution in [-0.4, -0.2) is 25.0 Å². The smallest absolute Gasteiger partial charge is 0.330 e. The molecule has 0 aliphatic carbocycles. The molecular formula is C15H16O4. The van der Waals surface area contributed by atoms with E-state index in [2.05, 4.69) is 0 Å². The van der Waals surface area contributed by atoms with Gasteiger partial charge in [-0.1, -0.05) is 0 Å². The minimum Gasteiger partial charge on any atom is -0.493 e. The van der Waals surface area contributed by atoms with E-state index in [-0.39, 0.29) is 5.78 Å². The third-order valence-electron chi connectivity index (χ3n) is 2.98. The molecular weight excluding hydrogens is 244 g/mol. The van der Waals surface area contributed by atoms with Gasteiger partial charge in [0.1, 0.15) is 5.75 Å². The largest absolute Gasteiger partial charge is 0.493 e. The number of rotatable bonds is 4. The molecule has 4 nitrogen and oxygen atoms in total. The summed E-state index contributed by atoms with van der Waals surface area (Å²) >= 11 is 0. The molecule has 0 spiro atoms. The van der Waals surface area contributed by atoms with E-state index in [1.165, 1.54) is 13.0 Å². The molecule has 1 aromatic carbocycles.